The molecule has 0 aliphatic heterocycles. The van der Waals surface area contributed by atoms with Crippen LogP contribution in [0.2, 0.25) is 4.34 Å². The Hall–Kier alpha value is -0.580. The van der Waals surface area contributed by atoms with Crippen LogP contribution in [0.3, 0.4) is 0 Å². The fraction of sp³-hybridized carbons (Fsp3) is 0.667. The van der Waals surface area contributed by atoms with Gasteiger partial charge in [-0.15, -0.1) is 11.3 Å². The van der Waals surface area contributed by atoms with Crippen molar-refractivity contribution < 1.29 is 4.79 Å². The molecule has 0 aromatic carbocycles. The van der Waals surface area contributed by atoms with E-state index in [2.05, 4.69) is 17.3 Å². The van der Waals surface area contributed by atoms with Crippen molar-refractivity contribution in [1.29, 1.82) is 0 Å². The number of amides is 1. The van der Waals surface area contributed by atoms with E-state index >= 15 is 0 Å². The summed E-state index contributed by atoms with van der Waals surface area (Å²) in [6.45, 7) is 1.78. The molecule has 1 saturated carbocycles. The summed E-state index contributed by atoms with van der Waals surface area (Å²) in [5, 5.41) is 2.96. The Morgan fingerprint density at radius 2 is 2.15 bits per heavy atom. The number of hydrogen-bond donors (Lipinski definition) is 1. The molecule has 0 atom stereocenters. The standard InChI is InChI=1S/C15H23ClN2OS/c1-18(12-6-3-2-4-7-12)11-5-10-17-15(19)13-8-9-14(16)20-13/h8-9,12H,2-7,10-11H2,1H3,(H,17,19). The van der Waals surface area contributed by atoms with Gasteiger partial charge in [-0.25, -0.2) is 0 Å². The van der Waals surface area contributed by atoms with Gasteiger partial charge in [0.1, 0.15) is 0 Å². The van der Waals surface area contributed by atoms with Crippen molar-refractivity contribution in [3.63, 3.8) is 0 Å². The summed E-state index contributed by atoms with van der Waals surface area (Å²) in [4.78, 5) is 15.0. The molecular formula is C15H23ClN2OS. The molecule has 3 nitrogen and oxygen atoms in total. The maximum absolute atomic E-state index is 11.8. The van der Waals surface area contributed by atoms with Crippen molar-refractivity contribution in [2.75, 3.05) is 20.1 Å². The minimum Gasteiger partial charge on any atom is -0.351 e. The number of nitrogens with one attached hydrogen (secondary N) is 1. The third-order valence-electron chi connectivity index (χ3n) is 3.97. The van der Waals surface area contributed by atoms with Crippen LogP contribution >= 0.6 is 22.9 Å². The van der Waals surface area contributed by atoms with E-state index in [1.807, 2.05) is 0 Å². The predicted molar refractivity (Wildman–Crippen MR) is 85.8 cm³/mol. The normalized spacial score (nSPS) is 16.6. The van der Waals surface area contributed by atoms with Crippen LogP contribution in [0, 0.1) is 0 Å². The van der Waals surface area contributed by atoms with Crippen molar-refractivity contribution >= 4 is 28.8 Å². The Morgan fingerprint density at radius 3 is 2.80 bits per heavy atom. The lowest BCUT2D eigenvalue weighted by atomic mass is 9.94. The smallest absolute Gasteiger partial charge is 0.261 e. The van der Waals surface area contributed by atoms with E-state index in [-0.39, 0.29) is 5.91 Å². The molecule has 1 aromatic rings. The topological polar surface area (TPSA) is 32.3 Å². The summed E-state index contributed by atoms with van der Waals surface area (Å²) in [5.41, 5.74) is 0. The largest absolute Gasteiger partial charge is 0.351 e. The number of rotatable bonds is 6. The van der Waals surface area contributed by atoms with Crippen molar-refractivity contribution in [2.24, 2.45) is 0 Å². The molecule has 112 valence electrons. The van der Waals surface area contributed by atoms with E-state index in [0.717, 1.165) is 25.6 Å². The molecule has 0 spiro atoms. The van der Waals surface area contributed by atoms with Crippen molar-refractivity contribution in [3.05, 3.63) is 21.3 Å². The van der Waals surface area contributed by atoms with Crippen LogP contribution in [-0.2, 0) is 0 Å². The third-order valence-corrected chi connectivity index (χ3v) is 5.20. The lowest BCUT2D eigenvalue weighted by Crippen LogP contribution is -2.35. The van der Waals surface area contributed by atoms with E-state index < -0.39 is 0 Å². The van der Waals surface area contributed by atoms with Crippen molar-refractivity contribution in [3.8, 4) is 0 Å². The quantitative estimate of drug-likeness (QED) is 0.810. The molecule has 0 radical (unpaired) electrons. The highest BCUT2D eigenvalue weighted by Crippen LogP contribution is 2.22. The predicted octanol–water partition coefficient (Wildman–Crippen LogP) is 3.79. The van der Waals surface area contributed by atoms with Gasteiger partial charge < -0.3 is 10.2 Å². The minimum absolute atomic E-state index is 0.0118. The lowest BCUT2D eigenvalue weighted by Gasteiger charge is -2.31. The van der Waals surface area contributed by atoms with Gasteiger partial charge in [-0.05, 0) is 45.0 Å². The number of thiophene rings is 1. The monoisotopic (exact) mass is 314 g/mol. The van der Waals surface area contributed by atoms with Crippen LogP contribution in [0.5, 0.6) is 0 Å². The zero-order chi connectivity index (χ0) is 14.4. The summed E-state index contributed by atoms with van der Waals surface area (Å²) >= 11 is 7.15. The second kappa shape index (κ2) is 8.01. The van der Waals surface area contributed by atoms with Gasteiger partial charge >= 0.3 is 0 Å². The van der Waals surface area contributed by atoms with Crippen molar-refractivity contribution in [2.45, 2.75) is 44.6 Å². The number of carbonyl (C=O) groups is 1. The molecule has 2 rings (SSSR count). The van der Waals surface area contributed by atoms with Gasteiger partial charge in [0, 0.05) is 12.6 Å². The second-order valence-electron chi connectivity index (χ2n) is 5.49. The maximum atomic E-state index is 11.8. The first kappa shape index (κ1) is 15.8. The molecule has 0 unspecified atom stereocenters. The van der Waals surface area contributed by atoms with Gasteiger partial charge in [0.25, 0.3) is 5.91 Å². The van der Waals surface area contributed by atoms with Crippen LogP contribution in [0.25, 0.3) is 0 Å². The maximum Gasteiger partial charge on any atom is 0.261 e. The zero-order valence-electron chi connectivity index (χ0n) is 12.0. The molecule has 1 heterocycles. The molecule has 20 heavy (non-hydrogen) atoms. The molecule has 0 bridgehead atoms. The fourth-order valence-corrected chi connectivity index (χ4v) is 3.72. The van der Waals surface area contributed by atoms with E-state index in [1.165, 1.54) is 43.4 Å². The summed E-state index contributed by atoms with van der Waals surface area (Å²) in [5.74, 6) is -0.0118. The lowest BCUT2D eigenvalue weighted by molar-refractivity contribution is 0.0954. The number of nitrogens with zero attached hydrogens (tertiary/aromatic N) is 1. The van der Waals surface area contributed by atoms with E-state index in [1.54, 1.807) is 12.1 Å². The minimum atomic E-state index is -0.0118. The van der Waals surface area contributed by atoms with Crippen LogP contribution in [0.15, 0.2) is 12.1 Å². The van der Waals surface area contributed by atoms with E-state index in [0.29, 0.717) is 9.21 Å². The van der Waals surface area contributed by atoms with Gasteiger partial charge in [-0.1, -0.05) is 30.9 Å². The number of hydrogen-bond acceptors (Lipinski definition) is 3. The first-order valence-corrected chi connectivity index (χ1v) is 8.60. The van der Waals surface area contributed by atoms with Crippen LogP contribution < -0.4 is 5.32 Å². The van der Waals surface area contributed by atoms with E-state index in [9.17, 15) is 4.79 Å². The van der Waals surface area contributed by atoms with Crippen LogP contribution in [0.4, 0.5) is 0 Å². The fourth-order valence-electron chi connectivity index (χ4n) is 2.76. The van der Waals surface area contributed by atoms with Crippen LogP contribution in [-0.4, -0.2) is 37.0 Å². The molecule has 5 heteroatoms. The van der Waals surface area contributed by atoms with Gasteiger partial charge in [0.05, 0.1) is 9.21 Å². The molecule has 0 saturated heterocycles. The average molecular weight is 315 g/mol. The summed E-state index contributed by atoms with van der Waals surface area (Å²) < 4.78 is 0.659. The number of carbonyl (C=O) groups excluding carboxylic acids is 1. The molecule has 1 fully saturated rings. The van der Waals surface area contributed by atoms with Gasteiger partial charge in [0.2, 0.25) is 0 Å². The highest BCUT2D eigenvalue weighted by molar-refractivity contribution is 7.17. The highest BCUT2D eigenvalue weighted by atomic mass is 35.5. The summed E-state index contributed by atoms with van der Waals surface area (Å²) in [6, 6.07) is 4.28. The Balaban J connectivity index is 1.62. The second-order valence-corrected chi connectivity index (χ2v) is 7.20. The molecule has 1 amide bonds. The Kier molecular flexibility index (Phi) is 6.33. The third kappa shape index (κ3) is 4.76. The molecular weight excluding hydrogens is 292 g/mol. The van der Waals surface area contributed by atoms with E-state index in [4.69, 9.17) is 11.6 Å². The first-order valence-electron chi connectivity index (χ1n) is 7.40. The Labute approximate surface area is 130 Å². The summed E-state index contributed by atoms with van der Waals surface area (Å²) in [7, 11) is 2.21. The molecule has 1 N–H and O–H groups in total. The zero-order valence-corrected chi connectivity index (χ0v) is 13.6. The van der Waals surface area contributed by atoms with Crippen molar-refractivity contribution in [1.82, 2.24) is 10.2 Å². The Bertz CT molecular complexity index is 429. The van der Waals surface area contributed by atoms with Gasteiger partial charge in [-0.3, -0.25) is 4.79 Å². The Morgan fingerprint density at radius 1 is 1.40 bits per heavy atom. The van der Waals surface area contributed by atoms with Gasteiger partial charge in [-0.2, -0.15) is 0 Å². The molecule has 1 aromatic heterocycles. The van der Waals surface area contributed by atoms with Gasteiger partial charge in [0.15, 0.2) is 0 Å². The molecule has 1 aliphatic rings. The first-order chi connectivity index (χ1) is 9.66. The van der Waals surface area contributed by atoms with Crippen LogP contribution in [0.1, 0.15) is 48.2 Å². The molecule has 1 aliphatic carbocycles. The highest BCUT2D eigenvalue weighted by Gasteiger charge is 2.17. The number of halogens is 1. The SMILES string of the molecule is CN(CCCNC(=O)c1ccc(Cl)s1)C1CCCCC1. The average Bonchev–Trinajstić information content (AvgIpc) is 2.91. The summed E-state index contributed by atoms with van der Waals surface area (Å²) in [6.07, 6.45) is 7.78.